The number of rotatable bonds is 6. The SMILES string of the molecule is COc1ccc(S(=O)(=O)N2CCCCC2)cc1NC(=O)c1cc(-c2ccc(C)cc2)no1. The fraction of sp³-hybridized carbons (Fsp3) is 0.304. The van der Waals surface area contributed by atoms with Gasteiger partial charge in [-0.15, -0.1) is 0 Å². The van der Waals surface area contributed by atoms with E-state index in [1.54, 1.807) is 6.07 Å². The summed E-state index contributed by atoms with van der Waals surface area (Å²) >= 11 is 0. The van der Waals surface area contributed by atoms with Crippen LogP contribution in [0.2, 0.25) is 0 Å². The average molecular weight is 456 g/mol. The summed E-state index contributed by atoms with van der Waals surface area (Å²) < 4.78 is 38.1. The van der Waals surface area contributed by atoms with Gasteiger partial charge in [0.1, 0.15) is 11.4 Å². The second kappa shape index (κ2) is 9.13. The molecular weight excluding hydrogens is 430 g/mol. The second-order valence-electron chi connectivity index (χ2n) is 7.72. The standard InChI is InChI=1S/C23H25N3O5S/c1-16-6-8-17(9-7-16)19-15-22(31-25-19)23(27)24-20-14-18(10-11-21(20)30-2)32(28,29)26-12-4-3-5-13-26/h6-11,14-15H,3-5,12-13H2,1-2H3,(H,24,27). The molecule has 2 aromatic carbocycles. The van der Waals surface area contributed by atoms with Crippen molar-refractivity contribution in [1.82, 2.24) is 9.46 Å². The number of aryl methyl sites for hydroxylation is 1. The molecule has 0 saturated carbocycles. The molecule has 0 atom stereocenters. The minimum atomic E-state index is -3.65. The molecule has 2 heterocycles. The van der Waals surface area contributed by atoms with Gasteiger partial charge in [0.05, 0.1) is 17.7 Å². The zero-order valence-electron chi connectivity index (χ0n) is 18.0. The van der Waals surface area contributed by atoms with Crippen molar-refractivity contribution in [3.63, 3.8) is 0 Å². The normalized spacial score (nSPS) is 14.8. The monoisotopic (exact) mass is 455 g/mol. The second-order valence-corrected chi connectivity index (χ2v) is 9.66. The predicted octanol–water partition coefficient (Wildman–Crippen LogP) is 4.09. The Balaban J connectivity index is 1.57. The molecule has 0 unspecified atom stereocenters. The Bertz CT molecular complexity index is 1210. The Morgan fingerprint density at radius 3 is 2.47 bits per heavy atom. The molecule has 1 aliphatic rings. The van der Waals surface area contributed by atoms with E-state index < -0.39 is 15.9 Å². The molecule has 1 aromatic heterocycles. The maximum Gasteiger partial charge on any atom is 0.294 e. The topological polar surface area (TPSA) is 102 Å². The smallest absolute Gasteiger partial charge is 0.294 e. The molecule has 1 fully saturated rings. The molecule has 3 aromatic rings. The molecule has 1 N–H and O–H groups in total. The van der Waals surface area contributed by atoms with Gasteiger partial charge in [-0.1, -0.05) is 41.4 Å². The first-order valence-corrected chi connectivity index (χ1v) is 11.9. The molecule has 1 saturated heterocycles. The third kappa shape index (κ3) is 4.53. The van der Waals surface area contributed by atoms with E-state index in [1.165, 1.54) is 29.6 Å². The average Bonchev–Trinajstić information content (AvgIpc) is 3.30. The number of nitrogens with zero attached hydrogens (tertiary/aromatic N) is 2. The first-order chi connectivity index (χ1) is 15.4. The number of aromatic nitrogens is 1. The van der Waals surface area contributed by atoms with Gasteiger partial charge in [0.15, 0.2) is 0 Å². The van der Waals surface area contributed by atoms with Crippen molar-refractivity contribution in [3.05, 3.63) is 59.9 Å². The minimum absolute atomic E-state index is 0.00641. The lowest BCUT2D eigenvalue weighted by Crippen LogP contribution is -2.35. The molecule has 0 aliphatic carbocycles. The molecule has 9 heteroatoms. The van der Waals surface area contributed by atoms with Gasteiger partial charge in [-0.2, -0.15) is 4.31 Å². The molecule has 0 bridgehead atoms. The van der Waals surface area contributed by atoms with Crippen LogP contribution in [0.15, 0.2) is 57.9 Å². The van der Waals surface area contributed by atoms with Gasteiger partial charge >= 0.3 is 0 Å². The number of hydrogen-bond donors (Lipinski definition) is 1. The molecule has 1 amide bonds. The van der Waals surface area contributed by atoms with Crippen LogP contribution in [-0.4, -0.2) is 44.0 Å². The van der Waals surface area contributed by atoms with E-state index in [0.29, 0.717) is 24.5 Å². The summed E-state index contributed by atoms with van der Waals surface area (Å²) in [5.41, 5.74) is 2.71. The van der Waals surface area contributed by atoms with Gasteiger partial charge in [0.2, 0.25) is 15.8 Å². The number of carbonyl (C=O) groups is 1. The van der Waals surface area contributed by atoms with Crippen molar-refractivity contribution >= 4 is 21.6 Å². The number of piperidine rings is 1. The summed E-state index contributed by atoms with van der Waals surface area (Å²) in [6.45, 7) is 2.98. The van der Waals surface area contributed by atoms with E-state index in [2.05, 4.69) is 10.5 Å². The van der Waals surface area contributed by atoms with Crippen LogP contribution in [0.3, 0.4) is 0 Å². The third-order valence-corrected chi connectivity index (χ3v) is 7.35. The Morgan fingerprint density at radius 2 is 1.78 bits per heavy atom. The van der Waals surface area contributed by atoms with E-state index in [1.807, 2.05) is 31.2 Å². The Hall–Kier alpha value is -3.17. The maximum atomic E-state index is 13.0. The largest absolute Gasteiger partial charge is 0.495 e. The van der Waals surface area contributed by atoms with Crippen molar-refractivity contribution in [2.45, 2.75) is 31.1 Å². The van der Waals surface area contributed by atoms with Crippen molar-refractivity contribution in [1.29, 1.82) is 0 Å². The first-order valence-electron chi connectivity index (χ1n) is 10.4. The molecular formula is C23H25N3O5S. The fourth-order valence-corrected chi connectivity index (χ4v) is 5.17. The highest BCUT2D eigenvalue weighted by Crippen LogP contribution is 2.30. The number of nitrogens with one attached hydrogen (secondary N) is 1. The van der Waals surface area contributed by atoms with E-state index >= 15 is 0 Å². The first kappa shape index (κ1) is 22.0. The number of ether oxygens (including phenoxy) is 1. The quantitative estimate of drug-likeness (QED) is 0.601. The number of amides is 1. The molecule has 0 spiro atoms. The number of anilines is 1. The Morgan fingerprint density at radius 1 is 1.06 bits per heavy atom. The molecule has 8 nitrogen and oxygen atoms in total. The van der Waals surface area contributed by atoms with Crippen molar-refractivity contribution in [2.75, 3.05) is 25.5 Å². The number of benzene rings is 2. The molecule has 32 heavy (non-hydrogen) atoms. The Labute approximate surface area is 187 Å². The summed E-state index contributed by atoms with van der Waals surface area (Å²) in [5.74, 6) is -0.206. The lowest BCUT2D eigenvalue weighted by Gasteiger charge is -2.26. The van der Waals surface area contributed by atoms with Crippen molar-refractivity contribution < 1.29 is 22.5 Å². The van der Waals surface area contributed by atoms with Gasteiger partial charge in [0, 0.05) is 24.7 Å². The lowest BCUT2D eigenvalue weighted by atomic mass is 10.1. The number of methoxy groups -OCH3 is 1. The van der Waals surface area contributed by atoms with Crippen molar-refractivity contribution in [3.8, 4) is 17.0 Å². The molecule has 168 valence electrons. The van der Waals surface area contributed by atoms with Crippen LogP contribution in [0.25, 0.3) is 11.3 Å². The van der Waals surface area contributed by atoms with Gasteiger partial charge < -0.3 is 14.6 Å². The lowest BCUT2D eigenvalue weighted by molar-refractivity contribution is 0.0987. The highest BCUT2D eigenvalue weighted by molar-refractivity contribution is 7.89. The summed E-state index contributed by atoms with van der Waals surface area (Å²) in [5, 5.41) is 6.66. The highest BCUT2D eigenvalue weighted by atomic mass is 32.2. The summed E-state index contributed by atoms with van der Waals surface area (Å²) in [6.07, 6.45) is 2.71. The van der Waals surface area contributed by atoms with Gasteiger partial charge in [0.25, 0.3) is 5.91 Å². The summed E-state index contributed by atoms with van der Waals surface area (Å²) in [6, 6.07) is 13.7. The number of sulfonamides is 1. The number of hydrogen-bond acceptors (Lipinski definition) is 6. The van der Waals surface area contributed by atoms with Crippen LogP contribution < -0.4 is 10.1 Å². The van der Waals surface area contributed by atoms with Gasteiger partial charge in [-0.3, -0.25) is 4.79 Å². The molecule has 4 rings (SSSR count). The fourth-order valence-electron chi connectivity index (χ4n) is 3.63. The van der Waals surface area contributed by atoms with Crippen LogP contribution in [0.5, 0.6) is 5.75 Å². The molecule has 0 radical (unpaired) electrons. The van der Waals surface area contributed by atoms with Crippen LogP contribution in [0, 0.1) is 6.92 Å². The van der Waals surface area contributed by atoms with E-state index in [4.69, 9.17) is 9.26 Å². The van der Waals surface area contributed by atoms with E-state index in [9.17, 15) is 13.2 Å². The zero-order chi connectivity index (χ0) is 22.7. The van der Waals surface area contributed by atoms with Crippen LogP contribution in [0.4, 0.5) is 5.69 Å². The van der Waals surface area contributed by atoms with Crippen LogP contribution in [0.1, 0.15) is 35.4 Å². The summed E-state index contributed by atoms with van der Waals surface area (Å²) in [7, 11) is -2.20. The van der Waals surface area contributed by atoms with Crippen LogP contribution >= 0.6 is 0 Å². The van der Waals surface area contributed by atoms with E-state index in [0.717, 1.165) is 30.4 Å². The van der Waals surface area contributed by atoms with Crippen molar-refractivity contribution in [2.24, 2.45) is 0 Å². The van der Waals surface area contributed by atoms with Gasteiger partial charge in [-0.25, -0.2) is 8.42 Å². The summed E-state index contributed by atoms with van der Waals surface area (Å²) in [4.78, 5) is 12.9. The predicted molar refractivity (Wildman–Crippen MR) is 120 cm³/mol. The number of carbonyl (C=O) groups excluding carboxylic acids is 1. The van der Waals surface area contributed by atoms with Gasteiger partial charge in [-0.05, 0) is 38.0 Å². The van der Waals surface area contributed by atoms with E-state index in [-0.39, 0.29) is 16.3 Å². The van der Waals surface area contributed by atoms with Crippen LogP contribution in [-0.2, 0) is 10.0 Å². The Kier molecular flexibility index (Phi) is 6.29. The third-order valence-electron chi connectivity index (χ3n) is 5.45. The molecule has 1 aliphatic heterocycles. The highest BCUT2D eigenvalue weighted by Gasteiger charge is 2.27. The zero-order valence-corrected chi connectivity index (χ0v) is 18.8. The maximum absolute atomic E-state index is 13.0. The minimum Gasteiger partial charge on any atom is -0.495 e.